The number of ether oxygens (including phenoxy) is 1. The fourth-order valence-corrected chi connectivity index (χ4v) is 3.07. The van der Waals surface area contributed by atoms with Gasteiger partial charge in [0.2, 0.25) is 0 Å². The molecule has 0 bridgehead atoms. The standard InChI is InChI=1S/C13H19NO3S/c1-14-9-10-7-11(8-10)17-12-5-3-4-6-13(12)18(2,15)16/h3-6,10-11,14H,7-9H2,1-2H3. The van der Waals surface area contributed by atoms with Gasteiger partial charge in [-0.3, -0.25) is 0 Å². The van der Waals surface area contributed by atoms with E-state index in [9.17, 15) is 8.42 Å². The highest BCUT2D eigenvalue weighted by Gasteiger charge is 2.31. The van der Waals surface area contributed by atoms with Gasteiger partial charge in [0.05, 0.1) is 6.10 Å². The van der Waals surface area contributed by atoms with Crippen LogP contribution in [0.5, 0.6) is 5.75 Å². The van der Waals surface area contributed by atoms with Gasteiger partial charge in [-0.1, -0.05) is 12.1 Å². The van der Waals surface area contributed by atoms with Gasteiger partial charge in [-0.2, -0.15) is 0 Å². The van der Waals surface area contributed by atoms with Gasteiger partial charge in [-0.05, 0) is 44.5 Å². The van der Waals surface area contributed by atoms with Crippen LogP contribution in [0.3, 0.4) is 0 Å². The van der Waals surface area contributed by atoms with Crippen LogP contribution < -0.4 is 10.1 Å². The molecule has 1 aliphatic carbocycles. The van der Waals surface area contributed by atoms with Crippen LogP contribution in [0.2, 0.25) is 0 Å². The molecular formula is C13H19NO3S. The first-order valence-corrected chi connectivity index (χ1v) is 8.00. The molecule has 100 valence electrons. The molecule has 0 aromatic heterocycles. The summed E-state index contributed by atoms with van der Waals surface area (Å²) in [7, 11) is -1.29. The smallest absolute Gasteiger partial charge is 0.179 e. The number of hydrogen-bond donors (Lipinski definition) is 1. The summed E-state index contributed by atoms with van der Waals surface area (Å²) < 4.78 is 29.0. The molecule has 1 N–H and O–H groups in total. The van der Waals surface area contributed by atoms with Crippen molar-refractivity contribution in [2.75, 3.05) is 19.8 Å². The lowest BCUT2D eigenvalue weighted by molar-refractivity contribution is 0.0632. The van der Waals surface area contributed by atoms with Crippen LogP contribution in [0.25, 0.3) is 0 Å². The number of rotatable bonds is 5. The predicted molar refractivity (Wildman–Crippen MR) is 70.6 cm³/mol. The van der Waals surface area contributed by atoms with E-state index in [2.05, 4.69) is 5.32 Å². The van der Waals surface area contributed by atoms with Gasteiger partial charge < -0.3 is 10.1 Å². The van der Waals surface area contributed by atoms with Crippen molar-refractivity contribution >= 4 is 9.84 Å². The summed E-state index contributed by atoms with van der Waals surface area (Å²) in [5.74, 6) is 1.12. The highest BCUT2D eigenvalue weighted by Crippen LogP contribution is 2.33. The van der Waals surface area contributed by atoms with E-state index in [-0.39, 0.29) is 11.0 Å². The zero-order valence-corrected chi connectivity index (χ0v) is 11.5. The predicted octanol–water partition coefficient (Wildman–Crippen LogP) is 1.47. The van der Waals surface area contributed by atoms with Crippen LogP contribution in [0.15, 0.2) is 29.2 Å². The Balaban J connectivity index is 2.03. The molecule has 0 unspecified atom stereocenters. The van der Waals surface area contributed by atoms with E-state index < -0.39 is 9.84 Å². The molecule has 0 radical (unpaired) electrons. The van der Waals surface area contributed by atoms with Gasteiger partial charge in [0.25, 0.3) is 0 Å². The van der Waals surface area contributed by atoms with E-state index in [1.54, 1.807) is 24.3 Å². The fourth-order valence-electron chi connectivity index (χ4n) is 2.26. The van der Waals surface area contributed by atoms with Gasteiger partial charge >= 0.3 is 0 Å². The van der Waals surface area contributed by atoms with Crippen LogP contribution in [-0.4, -0.2) is 34.4 Å². The third-order valence-electron chi connectivity index (χ3n) is 3.23. The zero-order valence-electron chi connectivity index (χ0n) is 10.7. The Bertz CT molecular complexity index is 507. The van der Waals surface area contributed by atoms with Gasteiger partial charge in [0.15, 0.2) is 9.84 Å². The summed E-state index contributed by atoms with van der Waals surface area (Å²) in [6, 6.07) is 6.83. The minimum absolute atomic E-state index is 0.145. The summed E-state index contributed by atoms with van der Waals surface area (Å²) >= 11 is 0. The number of benzene rings is 1. The van der Waals surface area contributed by atoms with E-state index in [0.717, 1.165) is 19.4 Å². The van der Waals surface area contributed by atoms with E-state index in [1.165, 1.54) is 6.26 Å². The molecule has 0 spiro atoms. The van der Waals surface area contributed by atoms with Crippen LogP contribution in [0, 0.1) is 5.92 Å². The molecule has 0 saturated heterocycles. The van der Waals surface area contributed by atoms with Crippen molar-refractivity contribution < 1.29 is 13.2 Å². The Morgan fingerprint density at radius 2 is 2.00 bits per heavy atom. The maximum absolute atomic E-state index is 11.6. The van der Waals surface area contributed by atoms with Crippen molar-refractivity contribution in [2.45, 2.75) is 23.8 Å². The first kappa shape index (κ1) is 13.4. The lowest BCUT2D eigenvalue weighted by Gasteiger charge is -2.35. The van der Waals surface area contributed by atoms with E-state index in [0.29, 0.717) is 11.7 Å². The minimum atomic E-state index is -3.22. The summed E-state index contributed by atoms with van der Waals surface area (Å²) in [5.41, 5.74) is 0. The molecule has 0 heterocycles. The lowest BCUT2D eigenvalue weighted by atomic mass is 9.82. The average molecular weight is 269 g/mol. The highest BCUT2D eigenvalue weighted by atomic mass is 32.2. The van der Waals surface area contributed by atoms with Crippen LogP contribution in [0.4, 0.5) is 0 Å². The summed E-state index contributed by atoms with van der Waals surface area (Å²) in [5, 5.41) is 3.14. The second-order valence-electron chi connectivity index (χ2n) is 4.85. The molecule has 1 saturated carbocycles. The van der Waals surface area contributed by atoms with E-state index >= 15 is 0 Å². The third-order valence-corrected chi connectivity index (χ3v) is 4.36. The number of sulfone groups is 1. The first-order valence-electron chi connectivity index (χ1n) is 6.11. The molecule has 1 aromatic carbocycles. The Hall–Kier alpha value is -1.07. The molecule has 4 nitrogen and oxygen atoms in total. The Kier molecular flexibility index (Phi) is 3.92. The molecule has 1 aliphatic rings. The quantitative estimate of drug-likeness (QED) is 0.879. The number of para-hydroxylation sites is 1. The van der Waals surface area contributed by atoms with Crippen LogP contribution in [0.1, 0.15) is 12.8 Å². The first-order chi connectivity index (χ1) is 8.50. The number of nitrogens with one attached hydrogen (secondary N) is 1. The summed E-state index contributed by atoms with van der Waals surface area (Å²) in [6.45, 7) is 0.994. The monoisotopic (exact) mass is 269 g/mol. The van der Waals surface area contributed by atoms with Crippen molar-refractivity contribution in [1.29, 1.82) is 0 Å². The lowest BCUT2D eigenvalue weighted by Crippen LogP contribution is -2.38. The van der Waals surface area contributed by atoms with E-state index in [1.807, 2.05) is 7.05 Å². The maximum Gasteiger partial charge on any atom is 0.179 e. The zero-order chi connectivity index (χ0) is 13.2. The molecule has 2 rings (SSSR count). The van der Waals surface area contributed by atoms with Crippen molar-refractivity contribution in [1.82, 2.24) is 5.32 Å². The Labute approximate surface area is 108 Å². The maximum atomic E-state index is 11.6. The molecular weight excluding hydrogens is 250 g/mol. The Morgan fingerprint density at radius 1 is 1.33 bits per heavy atom. The topological polar surface area (TPSA) is 55.4 Å². The van der Waals surface area contributed by atoms with Crippen LogP contribution >= 0.6 is 0 Å². The van der Waals surface area contributed by atoms with Crippen molar-refractivity contribution in [3.05, 3.63) is 24.3 Å². The molecule has 0 atom stereocenters. The normalized spacial score (nSPS) is 23.4. The minimum Gasteiger partial charge on any atom is -0.489 e. The molecule has 0 aliphatic heterocycles. The second kappa shape index (κ2) is 5.28. The molecule has 18 heavy (non-hydrogen) atoms. The van der Waals surface area contributed by atoms with Gasteiger partial charge in [-0.15, -0.1) is 0 Å². The largest absolute Gasteiger partial charge is 0.489 e. The highest BCUT2D eigenvalue weighted by molar-refractivity contribution is 7.90. The van der Waals surface area contributed by atoms with Crippen molar-refractivity contribution in [3.8, 4) is 5.75 Å². The van der Waals surface area contributed by atoms with Gasteiger partial charge in [-0.25, -0.2) is 8.42 Å². The van der Waals surface area contributed by atoms with Crippen molar-refractivity contribution in [2.24, 2.45) is 5.92 Å². The molecule has 1 aromatic rings. The van der Waals surface area contributed by atoms with Gasteiger partial charge in [0, 0.05) is 6.26 Å². The molecule has 5 heteroatoms. The second-order valence-corrected chi connectivity index (χ2v) is 6.84. The fraction of sp³-hybridized carbons (Fsp3) is 0.538. The number of hydrogen-bond acceptors (Lipinski definition) is 4. The third kappa shape index (κ3) is 3.03. The van der Waals surface area contributed by atoms with Crippen LogP contribution in [-0.2, 0) is 9.84 Å². The SMILES string of the molecule is CNCC1CC(Oc2ccccc2S(C)(=O)=O)C1. The summed E-state index contributed by atoms with van der Waals surface area (Å²) in [6.07, 6.45) is 3.32. The molecule has 0 amide bonds. The van der Waals surface area contributed by atoms with E-state index in [4.69, 9.17) is 4.74 Å². The molecule has 1 fully saturated rings. The van der Waals surface area contributed by atoms with Crippen molar-refractivity contribution in [3.63, 3.8) is 0 Å². The Morgan fingerprint density at radius 3 is 2.61 bits per heavy atom. The summed E-state index contributed by atoms with van der Waals surface area (Å²) in [4.78, 5) is 0.280. The average Bonchev–Trinajstić information content (AvgIpc) is 2.25. The van der Waals surface area contributed by atoms with Gasteiger partial charge in [0.1, 0.15) is 10.6 Å².